The zero-order chi connectivity index (χ0) is 19.4. The maximum atomic E-state index is 12.3. The third kappa shape index (κ3) is 10.2. The van der Waals surface area contributed by atoms with Crippen molar-refractivity contribution in [2.24, 2.45) is 4.99 Å². The predicted octanol–water partition coefficient (Wildman–Crippen LogP) is 1.96. The zero-order valence-corrected chi connectivity index (χ0v) is 16.1. The summed E-state index contributed by atoms with van der Waals surface area (Å²) in [4.78, 5) is 7.74. The van der Waals surface area contributed by atoms with E-state index in [9.17, 15) is 13.2 Å². The Labute approximate surface area is 154 Å². The molecule has 0 aromatic carbocycles. The first kappa shape index (κ1) is 23.0. The van der Waals surface area contributed by atoms with Crippen LogP contribution in [0.3, 0.4) is 0 Å². The third-order valence-corrected chi connectivity index (χ3v) is 4.25. The summed E-state index contributed by atoms with van der Waals surface area (Å²) in [5.74, 6) is 0.807. The normalized spacial score (nSPS) is 17.2. The van der Waals surface area contributed by atoms with Crippen LogP contribution in [0.1, 0.15) is 25.7 Å². The van der Waals surface area contributed by atoms with Crippen LogP contribution in [0.5, 0.6) is 0 Å². The van der Waals surface area contributed by atoms with Crippen LogP contribution in [-0.2, 0) is 9.47 Å². The van der Waals surface area contributed by atoms with Gasteiger partial charge in [0.1, 0.15) is 0 Å². The molecule has 6 nitrogen and oxygen atoms in total. The predicted molar refractivity (Wildman–Crippen MR) is 96.6 cm³/mol. The van der Waals surface area contributed by atoms with Gasteiger partial charge >= 0.3 is 6.18 Å². The number of piperidine rings is 1. The highest BCUT2D eigenvalue weighted by Gasteiger charge is 2.28. The molecule has 9 heteroatoms. The van der Waals surface area contributed by atoms with Gasteiger partial charge in [-0.3, -0.25) is 9.89 Å². The first-order chi connectivity index (χ1) is 12.4. The highest BCUT2D eigenvalue weighted by Crippen LogP contribution is 2.16. The van der Waals surface area contributed by atoms with Crippen molar-refractivity contribution in [1.29, 1.82) is 0 Å². The van der Waals surface area contributed by atoms with Crippen LogP contribution in [-0.4, -0.2) is 95.2 Å². The largest absolute Gasteiger partial charge is 0.401 e. The summed E-state index contributed by atoms with van der Waals surface area (Å²) in [6.45, 7) is 3.28. The van der Waals surface area contributed by atoms with E-state index >= 15 is 0 Å². The Morgan fingerprint density at radius 3 is 2.50 bits per heavy atom. The Kier molecular flexibility index (Phi) is 10.9. The molecule has 0 atom stereocenters. The Hall–Kier alpha value is -1.06. The minimum atomic E-state index is -4.14. The van der Waals surface area contributed by atoms with Crippen molar-refractivity contribution >= 4 is 5.96 Å². The Morgan fingerprint density at radius 2 is 1.92 bits per heavy atom. The molecule has 1 N–H and O–H groups in total. The second-order valence-corrected chi connectivity index (χ2v) is 6.58. The molecule has 0 spiro atoms. The molecule has 1 saturated heterocycles. The fourth-order valence-electron chi connectivity index (χ4n) is 2.95. The van der Waals surface area contributed by atoms with Crippen molar-refractivity contribution in [1.82, 2.24) is 15.1 Å². The molecule has 0 radical (unpaired) electrons. The summed E-state index contributed by atoms with van der Waals surface area (Å²) in [6.07, 6.45) is -0.441. The van der Waals surface area contributed by atoms with Gasteiger partial charge in [0.25, 0.3) is 0 Å². The van der Waals surface area contributed by atoms with Gasteiger partial charge < -0.3 is 19.7 Å². The molecule has 154 valence electrons. The van der Waals surface area contributed by atoms with Gasteiger partial charge in [0.2, 0.25) is 0 Å². The number of likely N-dealkylation sites (tertiary alicyclic amines) is 1. The van der Waals surface area contributed by atoms with Crippen molar-refractivity contribution < 1.29 is 22.6 Å². The maximum Gasteiger partial charge on any atom is 0.401 e. The van der Waals surface area contributed by atoms with E-state index in [4.69, 9.17) is 9.47 Å². The molecule has 1 rings (SSSR count). The third-order valence-electron chi connectivity index (χ3n) is 4.25. The van der Waals surface area contributed by atoms with E-state index in [-0.39, 0.29) is 6.10 Å². The highest BCUT2D eigenvalue weighted by atomic mass is 19.4. The smallest absolute Gasteiger partial charge is 0.385 e. The van der Waals surface area contributed by atoms with Crippen LogP contribution in [0.2, 0.25) is 0 Å². The van der Waals surface area contributed by atoms with E-state index < -0.39 is 12.7 Å². The molecule has 26 heavy (non-hydrogen) atoms. The van der Waals surface area contributed by atoms with Crippen molar-refractivity contribution in [3.05, 3.63) is 0 Å². The van der Waals surface area contributed by atoms with Gasteiger partial charge in [-0.1, -0.05) is 0 Å². The van der Waals surface area contributed by atoms with Crippen LogP contribution < -0.4 is 5.32 Å². The Balaban J connectivity index is 2.19. The van der Waals surface area contributed by atoms with E-state index in [1.165, 1.54) is 11.9 Å². The molecule has 1 heterocycles. The first-order valence-electron chi connectivity index (χ1n) is 9.17. The lowest BCUT2D eigenvalue weighted by atomic mass is 10.1. The molecule has 0 unspecified atom stereocenters. The number of halogens is 3. The van der Waals surface area contributed by atoms with Gasteiger partial charge in [0.05, 0.1) is 12.6 Å². The van der Waals surface area contributed by atoms with E-state index in [1.807, 2.05) is 0 Å². The van der Waals surface area contributed by atoms with Crippen LogP contribution in [0, 0.1) is 0 Å². The highest BCUT2D eigenvalue weighted by molar-refractivity contribution is 5.79. The van der Waals surface area contributed by atoms with E-state index in [0.29, 0.717) is 26.1 Å². The lowest BCUT2D eigenvalue weighted by Crippen LogP contribution is -2.47. The second-order valence-electron chi connectivity index (χ2n) is 6.58. The number of nitrogens with one attached hydrogen (secondary N) is 1. The van der Waals surface area contributed by atoms with Gasteiger partial charge in [-0.05, 0) is 39.3 Å². The SMILES string of the molecule is CN=C(NCCCN(C)CC(F)(F)F)N1CCC(OCCCOC)CC1. The number of rotatable bonds is 10. The van der Waals surface area contributed by atoms with Gasteiger partial charge in [-0.15, -0.1) is 0 Å². The first-order valence-corrected chi connectivity index (χ1v) is 9.17. The lowest BCUT2D eigenvalue weighted by Gasteiger charge is -2.34. The summed E-state index contributed by atoms with van der Waals surface area (Å²) < 4.78 is 47.7. The van der Waals surface area contributed by atoms with Crippen LogP contribution in [0.15, 0.2) is 4.99 Å². The van der Waals surface area contributed by atoms with Crippen LogP contribution in [0.4, 0.5) is 13.2 Å². The van der Waals surface area contributed by atoms with E-state index in [1.54, 1.807) is 14.2 Å². The molecular formula is C17H33F3N4O2. The molecule has 0 saturated carbocycles. The van der Waals surface area contributed by atoms with E-state index in [0.717, 1.165) is 44.9 Å². The quantitative estimate of drug-likeness (QED) is 0.356. The van der Waals surface area contributed by atoms with Gasteiger partial charge in [-0.25, -0.2) is 0 Å². The number of alkyl halides is 3. The maximum absolute atomic E-state index is 12.3. The summed E-state index contributed by atoms with van der Waals surface area (Å²) in [6, 6.07) is 0. The average molecular weight is 382 g/mol. The number of ether oxygens (including phenoxy) is 2. The summed E-state index contributed by atoms with van der Waals surface area (Å²) in [5.41, 5.74) is 0. The molecule has 0 aromatic heterocycles. The van der Waals surface area contributed by atoms with Crippen molar-refractivity contribution in [2.75, 3.05) is 67.1 Å². The Morgan fingerprint density at radius 1 is 1.23 bits per heavy atom. The molecule has 1 aliphatic heterocycles. The molecule has 0 aliphatic carbocycles. The number of nitrogens with zero attached hydrogens (tertiary/aromatic N) is 3. The molecule has 0 amide bonds. The average Bonchev–Trinajstić information content (AvgIpc) is 2.58. The molecule has 0 aromatic rings. The Bertz CT molecular complexity index is 400. The summed E-state index contributed by atoms with van der Waals surface area (Å²) in [7, 11) is 4.90. The van der Waals surface area contributed by atoms with Crippen molar-refractivity contribution in [2.45, 2.75) is 38.0 Å². The number of methoxy groups -OCH3 is 1. The zero-order valence-electron chi connectivity index (χ0n) is 16.1. The number of guanidine groups is 1. The van der Waals surface area contributed by atoms with Gasteiger partial charge in [0.15, 0.2) is 5.96 Å². The van der Waals surface area contributed by atoms with Crippen LogP contribution in [0.25, 0.3) is 0 Å². The second kappa shape index (κ2) is 12.3. The minimum absolute atomic E-state index is 0.275. The summed E-state index contributed by atoms with van der Waals surface area (Å²) in [5, 5.41) is 3.24. The fraction of sp³-hybridized carbons (Fsp3) is 0.941. The minimum Gasteiger partial charge on any atom is -0.385 e. The van der Waals surface area contributed by atoms with Crippen LogP contribution >= 0.6 is 0 Å². The number of aliphatic imine (C=N–C) groups is 1. The number of hydrogen-bond donors (Lipinski definition) is 1. The summed E-state index contributed by atoms with van der Waals surface area (Å²) >= 11 is 0. The molecule has 1 fully saturated rings. The van der Waals surface area contributed by atoms with Crippen molar-refractivity contribution in [3.63, 3.8) is 0 Å². The fourth-order valence-corrected chi connectivity index (χ4v) is 2.95. The number of hydrogen-bond acceptors (Lipinski definition) is 4. The van der Waals surface area contributed by atoms with Crippen molar-refractivity contribution in [3.8, 4) is 0 Å². The monoisotopic (exact) mass is 382 g/mol. The van der Waals surface area contributed by atoms with E-state index in [2.05, 4.69) is 15.2 Å². The molecule has 0 bridgehead atoms. The van der Waals surface area contributed by atoms with Gasteiger partial charge in [0, 0.05) is 47.0 Å². The molecule has 1 aliphatic rings. The van der Waals surface area contributed by atoms with Gasteiger partial charge in [-0.2, -0.15) is 13.2 Å². The standard InChI is InChI=1S/C17H33F3N4O2/c1-21-16(22-8-4-9-23(2)14-17(18,19)20)24-10-6-15(7-11-24)26-13-5-12-25-3/h15H,4-14H2,1-3H3,(H,21,22). The topological polar surface area (TPSA) is 49.3 Å². The molecular weight excluding hydrogens is 349 g/mol. The lowest BCUT2D eigenvalue weighted by molar-refractivity contribution is -0.143.